The van der Waals surface area contributed by atoms with Crippen LogP contribution in [-0.2, 0) is 0 Å². The largest absolute Gasteiger partial charge is 0.379 e. The van der Waals surface area contributed by atoms with Gasteiger partial charge >= 0.3 is 0 Å². The molecular weight excluding hydrogens is 326 g/mol. The third-order valence-corrected chi connectivity index (χ3v) is 3.95. The van der Waals surface area contributed by atoms with Crippen molar-refractivity contribution in [2.24, 2.45) is 0 Å². The Morgan fingerprint density at radius 2 is 1.76 bits per heavy atom. The molecule has 0 saturated carbocycles. The van der Waals surface area contributed by atoms with Gasteiger partial charge in [-0.05, 0) is 48.9 Å². The molecule has 0 radical (unpaired) electrons. The molecule has 1 N–H and O–H groups in total. The predicted octanol–water partition coefficient (Wildman–Crippen LogP) is 4.81. The monoisotopic (exact) mass is 341 g/mol. The Morgan fingerprint density at radius 3 is 2.38 bits per heavy atom. The average Bonchev–Trinajstić information content (AvgIpc) is 3.04. The minimum absolute atomic E-state index is 0.253. The summed E-state index contributed by atoms with van der Waals surface area (Å²) >= 11 is 3.45. The van der Waals surface area contributed by atoms with Gasteiger partial charge in [-0.1, -0.05) is 28.1 Å². The number of nitrogens with zero attached hydrogens (tertiary/aromatic N) is 2. The summed E-state index contributed by atoms with van der Waals surface area (Å²) in [6.07, 6.45) is 5.53. The second kappa shape index (κ2) is 6.14. The van der Waals surface area contributed by atoms with E-state index in [1.165, 1.54) is 5.56 Å². The van der Waals surface area contributed by atoms with Crippen molar-refractivity contribution in [2.45, 2.75) is 13.0 Å². The van der Waals surface area contributed by atoms with Crippen LogP contribution in [0.25, 0.3) is 5.69 Å². The second-order valence-electron chi connectivity index (χ2n) is 4.93. The molecule has 0 amide bonds. The van der Waals surface area contributed by atoms with E-state index in [0.29, 0.717) is 0 Å². The Bertz CT molecular complexity index is 688. The first kappa shape index (κ1) is 13.9. The summed E-state index contributed by atoms with van der Waals surface area (Å²) in [6.45, 7) is 2.16. The third kappa shape index (κ3) is 3.34. The minimum Gasteiger partial charge on any atom is -0.379 e. The summed E-state index contributed by atoms with van der Waals surface area (Å²) in [7, 11) is 0. The lowest BCUT2D eigenvalue weighted by Gasteiger charge is -2.16. The van der Waals surface area contributed by atoms with E-state index in [1.54, 1.807) is 12.5 Å². The molecule has 1 aromatic heterocycles. The van der Waals surface area contributed by atoms with Crippen molar-refractivity contribution in [3.8, 4) is 5.69 Å². The first-order valence-corrected chi connectivity index (χ1v) is 7.62. The maximum absolute atomic E-state index is 4.07. The van der Waals surface area contributed by atoms with Crippen LogP contribution in [0.15, 0.2) is 71.7 Å². The summed E-state index contributed by atoms with van der Waals surface area (Å²) < 4.78 is 3.08. The molecule has 0 spiro atoms. The van der Waals surface area contributed by atoms with Gasteiger partial charge in [-0.25, -0.2) is 4.98 Å². The molecule has 21 heavy (non-hydrogen) atoms. The fourth-order valence-corrected chi connectivity index (χ4v) is 2.49. The Morgan fingerprint density at radius 1 is 1.05 bits per heavy atom. The van der Waals surface area contributed by atoms with Gasteiger partial charge in [0.2, 0.25) is 0 Å². The average molecular weight is 342 g/mol. The number of hydrogen-bond acceptors (Lipinski definition) is 2. The molecule has 0 fully saturated rings. The maximum Gasteiger partial charge on any atom is 0.0991 e. The van der Waals surface area contributed by atoms with Crippen molar-refractivity contribution >= 4 is 21.6 Å². The Kier molecular flexibility index (Phi) is 4.06. The third-order valence-electron chi connectivity index (χ3n) is 3.42. The summed E-state index contributed by atoms with van der Waals surface area (Å²) in [5.74, 6) is 0. The molecular formula is C17H16BrN3. The highest BCUT2D eigenvalue weighted by atomic mass is 79.9. The number of aromatic nitrogens is 2. The van der Waals surface area contributed by atoms with Crippen molar-refractivity contribution in [1.82, 2.24) is 9.55 Å². The van der Waals surface area contributed by atoms with Gasteiger partial charge < -0.3 is 9.88 Å². The van der Waals surface area contributed by atoms with Gasteiger partial charge in [-0.15, -0.1) is 0 Å². The molecule has 0 aliphatic heterocycles. The SMILES string of the molecule is CC(Nc1ccc(Br)cc1)c1ccc(-n2ccnc2)cc1. The molecule has 2 aromatic carbocycles. The van der Waals surface area contributed by atoms with Gasteiger partial charge in [-0.3, -0.25) is 0 Å². The van der Waals surface area contributed by atoms with Gasteiger partial charge in [0.05, 0.1) is 6.33 Å². The number of nitrogens with one attached hydrogen (secondary N) is 1. The Labute approximate surface area is 132 Å². The van der Waals surface area contributed by atoms with Crippen molar-refractivity contribution in [1.29, 1.82) is 0 Å². The van der Waals surface area contributed by atoms with Crippen LogP contribution in [0.4, 0.5) is 5.69 Å². The molecule has 3 rings (SSSR count). The van der Waals surface area contributed by atoms with E-state index in [4.69, 9.17) is 0 Å². The van der Waals surface area contributed by atoms with E-state index in [-0.39, 0.29) is 6.04 Å². The second-order valence-corrected chi connectivity index (χ2v) is 5.85. The van der Waals surface area contributed by atoms with E-state index in [0.717, 1.165) is 15.8 Å². The van der Waals surface area contributed by atoms with E-state index < -0.39 is 0 Å². The number of benzene rings is 2. The molecule has 0 saturated heterocycles. The zero-order valence-corrected chi connectivity index (χ0v) is 13.3. The normalized spacial score (nSPS) is 12.1. The standard InChI is InChI=1S/C17H16BrN3/c1-13(20-16-6-4-15(18)5-7-16)14-2-8-17(9-3-14)21-11-10-19-12-21/h2-13,20H,1H3. The lowest BCUT2D eigenvalue weighted by Crippen LogP contribution is -2.06. The fraction of sp³-hybridized carbons (Fsp3) is 0.118. The molecule has 1 atom stereocenters. The van der Waals surface area contributed by atoms with Crippen LogP contribution in [0.5, 0.6) is 0 Å². The van der Waals surface area contributed by atoms with Gasteiger partial charge in [-0.2, -0.15) is 0 Å². The van der Waals surface area contributed by atoms with Crippen molar-refractivity contribution in [3.05, 3.63) is 77.3 Å². The topological polar surface area (TPSA) is 29.9 Å². The van der Waals surface area contributed by atoms with Gasteiger partial charge in [0.15, 0.2) is 0 Å². The van der Waals surface area contributed by atoms with E-state index in [2.05, 4.69) is 69.6 Å². The van der Waals surface area contributed by atoms with Crippen molar-refractivity contribution in [3.63, 3.8) is 0 Å². The summed E-state index contributed by atoms with van der Waals surface area (Å²) in [5, 5.41) is 3.50. The lowest BCUT2D eigenvalue weighted by molar-refractivity contribution is 0.883. The molecule has 3 nitrogen and oxygen atoms in total. The number of anilines is 1. The first-order chi connectivity index (χ1) is 10.2. The molecule has 3 aromatic rings. The minimum atomic E-state index is 0.253. The lowest BCUT2D eigenvalue weighted by atomic mass is 10.1. The van der Waals surface area contributed by atoms with E-state index >= 15 is 0 Å². The molecule has 0 aliphatic carbocycles. The zero-order chi connectivity index (χ0) is 14.7. The smallest absolute Gasteiger partial charge is 0.0991 e. The quantitative estimate of drug-likeness (QED) is 0.738. The van der Waals surface area contributed by atoms with Crippen molar-refractivity contribution < 1.29 is 0 Å². The van der Waals surface area contributed by atoms with Crippen LogP contribution in [0, 0.1) is 0 Å². The number of hydrogen-bond donors (Lipinski definition) is 1. The molecule has 1 unspecified atom stereocenters. The van der Waals surface area contributed by atoms with Crippen molar-refractivity contribution in [2.75, 3.05) is 5.32 Å². The van der Waals surface area contributed by atoms with E-state index in [9.17, 15) is 0 Å². The zero-order valence-electron chi connectivity index (χ0n) is 11.7. The van der Waals surface area contributed by atoms with Gasteiger partial charge in [0.1, 0.15) is 0 Å². The Hall–Kier alpha value is -2.07. The van der Waals surface area contributed by atoms with E-state index in [1.807, 2.05) is 22.9 Å². The van der Waals surface area contributed by atoms with Crippen LogP contribution < -0.4 is 5.32 Å². The van der Waals surface area contributed by atoms with Gasteiger partial charge in [0.25, 0.3) is 0 Å². The summed E-state index contributed by atoms with van der Waals surface area (Å²) in [4.78, 5) is 4.07. The molecule has 0 bridgehead atoms. The molecule has 0 aliphatic rings. The van der Waals surface area contributed by atoms with Crippen LogP contribution >= 0.6 is 15.9 Å². The number of halogens is 1. The highest BCUT2D eigenvalue weighted by Crippen LogP contribution is 2.22. The molecule has 106 valence electrons. The molecule has 1 heterocycles. The van der Waals surface area contributed by atoms with Crippen LogP contribution in [0.1, 0.15) is 18.5 Å². The summed E-state index contributed by atoms with van der Waals surface area (Å²) in [6, 6.07) is 17.0. The number of imidazole rings is 1. The predicted molar refractivity (Wildman–Crippen MR) is 89.7 cm³/mol. The van der Waals surface area contributed by atoms with Crippen LogP contribution in [0.3, 0.4) is 0 Å². The fourth-order valence-electron chi connectivity index (χ4n) is 2.23. The summed E-state index contributed by atoms with van der Waals surface area (Å²) in [5.41, 5.74) is 3.48. The maximum atomic E-state index is 4.07. The van der Waals surface area contributed by atoms with Gasteiger partial charge in [0, 0.05) is 34.3 Å². The number of rotatable bonds is 4. The highest BCUT2D eigenvalue weighted by Gasteiger charge is 2.05. The van der Waals surface area contributed by atoms with Crippen LogP contribution in [-0.4, -0.2) is 9.55 Å². The van der Waals surface area contributed by atoms with Crippen LogP contribution in [0.2, 0.25) is 0 Å². The highest BCUT2D eigenvalue weighted by molar-refractivity contribution is 9.10. The Balaban J connectivity index is 1.73. The first-order valence-electron chi connectivity index (χ1n) is 6.83. The molecule has 4 heteroatoms.